The van der Waals surface area contributed by atoms with Crippen LogP contribution in [-0.2, 0) is 0 Å². The van der Waals surface area contributed by atoms with E-state index in [-0.39, 0.29) is 0 Å². The third-order valence-corrected chi connectivity index (χ3v) is 1.52. The summed E-state index contributed by atoms with van der Waals surface area (Å²) in [7, 11) is 0. The lowest BCUT2D eigenvalue weighted by Crippen LogP contribution is -2.37. The summed E-state index contributed by atoms with van der Waals surface area (Å²) in [6, 6.07) is 0. The van der Waals surface area contributed by atoms with E-state index in [1.165, 1.54) is 0 Å². The van der Waals surface area contributed by atoms with Crippen molar-refractivity contribution in [3.63, 3.8) is 0 Å². The Bertz CT molecular complexity index is 121. The van der Waals surface area contributed by atoms with Crippen LogP contribution in [-0.4, -0.2) is 30.5 Å². The molecule has 0 saturated carbocycles. The van der Waals surface area contributed by atoms with Gasteiger partial charge in [-0.15, -0.1) is 0 Å². The van der Waals surface area contributed by atoms with Gasteiger partial charge in [0.25, 0.3) is 0 Å². The number of rotatable bonds is 4. The summed E-state index contributed by atoms with van der Waals surface area (Å²) in [5, 5.41) is 0. The third kappa shape index (κ3) is 3.86. The molecule has 0 unspecified atom stereocenters. The molecule has 3 nitrogen and oxygen atoms in total. The van der Waals surface area contributed by atoms with Gasteiger partial charge < -0.3 is 10.6 Å². The van der Waals surface area contributed by atoms with Gasteiger partial charge in [0.15, 0.2) is 5.96 Å². The summed E-state index contributed by atoms with van der Waals surface area (Å²) in [5.74, 6) is 0.678. The zero-order valence-corrected chi connectivity index (χ0v) is 7.80. The molecular weight excluding hydrogens is 138 g/mol. The lowest BCUT2D eigenvalue weighted by molar-refractivity contribution is 0.433. The fraction of sp³-hybridized carbons (Fsp3) is 0.875. The van der Waals surface area contributed by atoms with Gasteiger partial charge in [0.1, 0.15) is 0 Å². The van der Waals surface area contributed by atoms with E-state index in [1.54, 1.807) is 0 Å². The Kier molecular flexibility index (Phi) is 5.61. The van der Waals surface area contributed by atoms with Gasteiger partial charge in [-0.2, -0.15) is 0 Å². The summed E-state index contributed by atoms with van der Waals surface area (Å²) < 4.78 is 0. The van der Waals surface area contributed by atoms with E-state index < -0.39 is 0 Å². The van der Waals surface area contributed by atoms with Crippen LogP contribution in [0.2, 0.25) is 0 Å². The smallest absolute Gasteiger partial charge is 0.191 e. The van der Waals surface area contributed by atoms with E-state index >= 15 is 0 Å². The van der Waals surface area contributed by atoms with Crippen molar-refractivity contribution in [2.45, 2.75) is 27.2 Å². The molecule has 0 fully saturated rings. The van der Waals surface area contributed by atoms with Crippen molar-refractivity contribution in [2.75, 3.05) is 19.6 Å². The Morgan fingerprint density at radius 2 is 2.00 bits per heavy atom. The lowest BCUT2D eigenvalue weighted by Gasteiger charge is -2.20. The van der Waals surface area contributed by atoms with Crippen molar-refractivity contribution in [3.8, 4) is 0 Å². The molecular formula is C8H19N3. The Balaban J connectivity index is 3.90. The third-order valence-electron chi connectivity index (χ3n) is 1.52. The van der Waals surface area contributed by atoms with Crippen LogP contribution in [0.25, 0.3) is 0 Å². The van der Waals surface area contributed by atoms with Crippen LogP contribution in [0.3, 0.4) is 0 Å². The molecule has 0 atom stereocenters. The molecule has 0 spiro atoms. The molecule has 11 heavy (non-hydrogen) atoms. The molecule has 66 valence electrons. The Morgan fingerprint density at radius 1 is 1.36 bits per heavy atom. The highest BCUT2D eigenvalue weighted by Gasteiger charge is 2.01. The normalized spacial score (nSPS) is 11.7. The fourth-order valence-electron chi connectivity index (χ4n) is 0.967. The Morgan fingerprint density at radius 3 is 2.36 bits per heavy atom. The number of guanidine groups is 1. The summed E-state index contributed by atoms with van der Waals surface area (Å²) in [6.07, 6.45) is 1.12. The summed E-state index contributed by atoms with van der Waals surface area (Å²) >= 11 is 0. The van der Waals surface area contributed by atoms with Gasteiger partial charge in [0.2, 0.25) is 0 Å². The summed E-state index contributed by atoms with van der Waals surface area (Å²) in [4.78, 5) is 6.22. The highest BCUT2D eigenvalue weighted by Crippen LogP contribution is 1.90. The molecule has 0 aromatic rings. The average Bonchev–Trinajstić information content (AvgIpc) is 2.00. The molecule has 3 heteroatoms. The van der Waals surface area contributed by atoms with Crippen molar-refractivity contribution in [1.82, 2.24) is 4.90 Å². The molecule has 0 aliphatic heterocycles. The highest BCUT2D eigenvalue weighted by molar-refractivity contribution is 5.77. The first-order chi connectivity index (χ1) is 5.26. The minimum absolute atomic E-state index is 0.678. The molecule has 0 rings (SSSR count). The first-order valence-corrected chi connectivity index (χ1v) is 4.31. The molecule has 0 radical (unpaired) electrons. The Hall–Kier alpha value is -0.730. The number of aliphatic imine (C=N–C) groups is 1. The van der Waals surface area contributed by atoms with Gasteiger partial charge in [-0.1, -0.05) is 6.92 Å². The van der Waals surface area contributed by atoms with Crippen LogP contribution in [0, 0.1) is 0 Å². The second-order valence-electron chi connectivity index (χ2n) is 2.41. The maximum Gasteiger partial charge on any atom is 0.191 e. The zero-order chi connectivity index (χ0) is 8.69. The number of nitrogens with zero attached hydrogens (tertiary/aromatic N) is 2. The molecule has 0 saturated heterocycles. The molecule has 2 N–H and O–H groups in total. The maximum absolute atomic E-state index is 5.70. The van der Waals surface area contributed by atoms with Crippen LogP contribution in [0.15, 0.2) is 4.99 Å². The van der Waals surface area contributed by atoms with Gasteiger partial charge in [0.05, 0.1) is 0 Å². The van der Waals surface area contributed by atoms with E-state index in [0.717, 1.165) is 26.1 Å². The van der Waals surface area contributed by atoms with E-state index in [0.29, 0.717) is 5.96 Å². The monoisotopic (exact) mass is 157 g/mol. The van der Waals surface area contributed by atoms with Gasteiger partial charge in [-0.3, -0.25) is 4.99 Å². The molecule has 0 aromatic carbocycles. The van der Waals surface area contributed by atoms with Crippen LogP contribution < -0.4 is 5.73 Å². The van der Waals surface area contributed by atoms with E-state index in [2.05, 4.69) is 23.7 Å². The molecule has 0 aliphatic rings. The first kappa shape index (κ1) is 10.3. The average molecular weight is 157 g/mol. The zero-order valence-electron chi connectivity index (χ0n) is 7.80. The highest BCUT2D eigenvalue weighted by atomic mass is 15.2. The molecule has 0 amide bonds. The minimum atomic E-state index is 0.678. The van der Waals surface area contributed by atoms with Crippen molar-refractivity contribution in [1.29, 1.82) is 0 Å². The van der Waals surface area contributed by atoms with Crippen molar-refractivity contribution in [3.05, 3.63) is 0 Å². The molecule has 0 bridgehead atoms. The van der Waals surface area contributed by atoms with E-state index in [9.17, 15) is 0 Å². The maximum atomic E-state index is 5.70. The quantitative estimate of drug-likeness (QED) is 0.489. The van der Waals surface area contributed by atoms with Crippen molar-refractivity contribution < 1.29 is 0 Å². The van der Waals surface area contributed by atoms with Crippen LogP contribution in [0.4, 0.5) is 0 Å². The van der Waals surface area contributed by atoms with Gasteiger partial charge in [-0.05, 0) is 20.3 Å². The number of hydrogen-bond donors (Lipinski definition) is 1. The van der Waals surface area contributed by atoms with Crippen LogP contribution in [0.1, 0.15) is 27.2 Å². The lowest BCUT2D eigenvalue weighted by atomic mass is 10.4. The van der Waals surface area contributed by atoms with Crippen molar-refractivity contribution in [2.24, 2.45) is 10.7 Å². The van der Waals surface area contributed by atoms with Crippen LogP contribution >= 0.6 is 0 Å². The van der Waals surface area contributed by atoms with Crippen molar-refractivity contribution >= 4 is 5.96 Å². The molecule has 0 aromatic heterocycles. The Labute approximate surface area is 69.3 Å². The minimum Gasteiger partial charge on any atom is -0.370 e. The SMILES string of the molecule is CCCN(CC)C(N)=NCC. The van der Waals surface area contributed by atoms with E-state index in [1.807, 2.05) is 6.92 Å². The van der Waals surface area contributed by atoms with Gasteiger partial charge in [-0.25, -0.2) is 0 Å². The number of hydrogen-bond acceptors (Lipinski definition) is 1. The topological polar surface area (TPSA) is 41.6 Å². The standard InChI is InChI=1S/C8H19N3/c1-4-7-11(6-3)8(9)10-5-2/h4-7H2,1-3H3,(H2,9,10). The van der Waals surface area contributed by atoms with Gasteiger partial charge >= 0.3 is 0 Å². The predicted octanol–water partition coefficient (Wildman–Crippen LogP) is 1.05. The second kappa shape index (κ2) is 6.01. The van der Waals surface area contributed by atoms with Crippen LogP contribution in [0.5, 0.6) is 0 Å². The molecule has 0 heterocycles. The fourth-order valence-corrected chi connectivity index (χ4v) is 0.967. The molecule has 0 aliphatic carbocycles. The van der Waals surface area contributed by atoms with E-state index in [4.69, 9.17) is 5.73 Å². The first-order valence-electron chi connectivity index (χ1n) is 4.31. The summed E-state index contributed by atoms with van der Waals surface area (Å²) in [5.41, 5.74) is 5.70. The number of nitrogens with two attached hydrogens (primary N) is 1. The second-order valence-corrected chi connectivity index (χ2v) is 2.41. The predicted molar refractivity (Wildman–Crippen MR) is 49.7 cm³/mol. The van der Waals surface area contributed by atoms with Gasteiger partial charge in [0, 0.05) is 19.6 Å². The summed E-state index contributed by atoms with van der Waals surface area (Å²) in [6.45, 7) is 8.95. The largest absolute Gasteiger partial charge is 0.370 e.